The molecule has 1 N–H and O–H groups in total. The third-order valence-corrected chi connectivity index (χ3v) is 6.00. The Hall–Kier alpha value is -1.85. The van der Waals surface area contributed by atoms with E-state index < -0.39 is 10.0 Å². The van der Waals surface area contributed by atoms with Crippen molar-refractivity contribution in [1.29, 1.82) is 0 Å². The number of hydrogen-bond acceptors (Lipinski definition) is 3. The maximum atomic E-state index is 12.6. The van der Waals surface area contributed by atoms with Crippen LogP contribution in [0.1, 0.15) is 30.0 Å². The lowest BCUT2D eigenvalue weighted by Gasteiger charge is -2.15. The summed E-state index contributed by atoms with van der Waals surface area (Å²) in [4.78, 5) is 0.362. The van der Waals surface area contributed by atoms with Crippen molar-refractivity contribution in [3.05, 3.63) is 59.2 Å². The van der Waals surface area contributed by atoms with Crippen LogP contribution in [-0.4, -0.2) is 21.6 Å². The first-order valence-corrected chi connectivity index (χ1v) is 9.73. The Morgan fingerprint density at radius 2 is 1.92 bits per heavy atom. The number of methoxy groups -OCH3 is 1. The van der Waals surface area contributed by atoms with Gasteiger partial charge < -0.3 is 4.74 Å². The van der Waals surface area contributed by atoms with Crippen LogP contribution in [0, 0.1) is 0 Å². The van der Waals surface area contributed by atoms with E-state index in [0.717, 1.165) is 30.6 Å². The van der Waals surface area contributed by atoms with Gasteiger partial charge in [0.15, 0.2) is 0 Å². The molecule has 3 rings (SSSR count). The molecule has 2 aromatic rings. The highest BCUT2D eigenvalue weighted by molar-refractivity contribution is 7.89. The van der Waals surface area contributed by atoms with Crippen LogP contribution < -0.4 is 9.46 Å². The molecule has 0 saturated heterocycles. The van der Waals surface area contributed by atoms with Crippen molar-refractivity contribution in [2.24, 2.45) is 0 Å². The topological polar surface area (TPSA) is 55.4 Å². The van der Waals surface area contributed by atoms with Gasteiger partial charge in [-0.25, -0.2) is 13.1 Å². The molecule has 0 amide bonds. The number of nitrogens with one attached hydrogen (secondary N) is 1. The van der Waals surface area contributed by atoms with Crippen molar-refractivity contribution >= 4 is 10.0 Å². The Morgan fingerprint density at radius 1 is 1.12 bits per heavy atom. The third kappa shape index (κ3) is 3.79. The van der Waals surface area contributed by atoms with E-state index in [4.69, 9.17) is 4.74 Å². The summed E-state index contributed by atoms with van der Waals surface area (Å²) in [5.41, 5.74) is 3.48. The fraction of sp³-hybridized carbons (Fsp3) is 0.368. The summed E-state index contributed by atoms with van der Waals surface area (Å²) in [6.45, 7) is 1.88. The Balaban J connectivity index is 1.71. The van der Waals surface area contributed by atoms with Crippen LogP contribution in [0.4, 0.5) is 0 Å². The van der Waals surface area contributed by atoms with Crippen molar-refractivity contribution in [2.75, 3.05) is 7.11 Å². The molecule has 4 nitrogen and oxygen atoms in total. The van der Waals surface area contributed by atoms with Crippen molar-refractivity contribution in [3.8, 4) is 5.75 Å². The second-order valence-electron chi connectivity index (χ2n) is 6.36. The molecular formula is C19H23NO3S. The number of aryl methyl sites for hydroxylation is 2. The summed E-state index contributed by atoms with van der Waals surface area (Å²) in [5.74, 6) is 0.779. The van der Waals surface area contributed by atoms with Gasteiger partial charge in [-0.05, 0) is 73.6 Å². The predicted octanol–water partition coefficient (Wildman–Crippen LogP) is 3.09. The van der Waals surface area contributed by atoms with E-state index in [-0.39, 0.29) is 6.04 Å². The van der Waals surface area contributed by atoms with Crippen molar-refractivity contribution < 1.29 is 13.2 Å². The number of hydrogen-bond donors (Lipinski definition) is 1. The Bertz CT molecular complexity index is 830. The maximum Gasteiger partial charge on any atom is 0.240 e. The molecule has 1 aliphatic rings. The van der Waals surface area contributed by atoms with Crippen LogP contribution in [0.25, 0.3) is 0 Å². The van der Waals surface area contributed by atoms with Crippen LogP contribution in [0.5, 0.6) is 5.75 Å². The van der Waals surface area contributed by atoms with E-state index in [0.29, 0.717) is 11.3 Å². The van der Waals surface area contributed by atoms with E-state index in [1.165, 1.54) is 11.1 Å². The van der Waals surface area contributed by atoms with Gasteiger partial charge in [-0.2, -0.15) is 0 Å². The monoisotopic (exact) mass is 345 g/mol. The third-order valence-electron chi connectivity index (χ3n) is 4.41. The highest BCUT2D eigenvalue weighted by Crippen LogP contribution is 2.25. The van der Waals surface area contributed by atoms with Gasteiger partial charge in [-0.3, -0.25) is 0 Å². The number of benzene rings is 2. The summed E-state index contributed by atoms with van der Waals surface area (Å²) in [5, 5.41) is 0. The molecule has 0 heterocycles. The quantitative estimate of drug-likeness (QED) is 0.875. The molecule has 1 unspecified atom stereocenters. The standard InChI is InChI=1S/C19H23NO3S/c1-14(11-15-5-3-8-18(12-15)23-2)20-24(21,22)19-10-9-16-6-4-7-17(16)13-19/h3,5,8-10,12-14,20H,4,6-7,11H2,1-2H3. The molecule has 0 aromatic heterocycles. The number of ether oxygens (including phenoxy) is 1. The highest BCUT2D eigenvalue weighted by Gasteiger charge is 2.20. The van der Waals surface area contributed by atoms with Gasteiger partial charge in [0, 0.05) is 6.04 Å². The van der Waals surface area contributed by atoms with Crippen LogP contribution in [0.2, 0.25) is 0 Å². The highest BCUT2D eigenvalue weighted by atomic mass is 32.2. The minimum absolute atomic E-state index is 0.199. The summed E-state index contributed by atoms with van der Waals surface area (Å²) in [6.07, 6.45) is 3.74. The SMILES string of the molecule is COc1cccc(CC(C)NS(=O)(=O)c2ccc3c(c2)CCC3)c1. The molecule has 0 radical (unpaired) electrons. The normalized spacial score (nSPS) is 15.1. The van der Waals surface area contributed by atoms with Gasteiger partial charge in [0.2, 0.25) is 10.0 Å². The zero-order chi connectivity index (χ0) is 17.2. The first-order valence-electron chi connectivity index (χ1n) is 8.25. The van der Waals surface area contributed by atoms with E-state index in [1.807, 2.05) is 43.3 Å². The lowest BCUT2D eigenvalue weighted by atomic mass is 10.1. The molecule has 0 spiro atoms. The van der Waals surface area contributed by atoms with Gasteiger partial charge in [0.05, 0.1) is 12.0 Å². The van der Waals surface area contributed by atoms with Gasteiger partial charge in [0.1, 0.15) is 5.75 Å². The van der Waals surface area contributed by atoms with Gasteiger partial charge >= 0.3 is 0 Å². The van der Waals surface area contributed by atoms with E-state index in [2.05, 4.69) is 4.72 Å². The largest absolute Gasteiger partial charge is 0.497 e. The molecule has 0 fully saturated rings. The first-order chi connectivity index (χ1) is 11.5. The smallest absolute Gasteiger partial charge is 0.240 e. The van der Waals surface area contributed by atoms with Crippen LogP contribution in [-0.2, 0) is 29.3 Å². The molecule has 0 aliphatic heterocycles. The summed E-state index contributed by atoms with van der Waals surface area (Å²) >= 11 is 0. The minimum atomic E-state index is -3.50. The zero-order valence-electron chi connectivity index (χ0n) is 14.1. The number of fused-ring (bicyclic) bond motifs is 1. The first kappa shape index (κ1) is 17.0. The molecule has 24 heavy (non-hydrogen) atoms. The minimum Gasteiger partial charge on any atom is -0.497 e. The average molecular weight is 345 g/mol. The molecule has 0 bridgehead atoms. The van der Waals surface area contributed by atoms with Gasteiger partial charge in [0.25, 0.3) is 0 Å². The molecule has 0 saturated carbocycles. The van der Waals surface area contributed by atoms with Crippen molar-refractivity contribution in [1.82, 2.24) is 4.72 Å². The maximum absolute atomic E-state index is 12.6. The predicted molar refractivity (Wildman–Crippen MR) is 94.9 cm³/mol. The van der Waals surface area contributed by atoms with E-state index in [1.54, 1.807) is 13.2 Å². The molecular weight excluding hydrogens is 322 g/mol. The Labute approximate surface area is 143 Å². The average Bonchev–Trinajstić information content (AvgIpc) is 3.02. The Kier molecular flexibility index (Phi) is 4.92. The van der Waals surface area contributed by atoms with Crippen LogP contribution >= 0.6 is 0 Å². The fourth-order valence-electron chi connectivity index (χ4n) is 3.24. The van der Waals surface area contributed by atoms with Crippen LogP contribution in [0.15, 0.2) is 47.4 Å². The molecule has 128 valence electrons. The van der Waals surface area contributed by atoms with Gasteiger partial charge in [-0.15, -0.1) is 0 Å². The molecule has 5 heteroatoms. The van der Waals surface area contributed by atoms with Gasteiger partial charge in [-0.1, -0.05) is 18.2 Å². The van der Waals surface area contributed by atoms with Crippen molar-refractivity contribution in [3.63, 3.8) is 0 Å². The lowest BCUT2D eigenvalue weighted by Crippen LogP contribution is -2.34. The number of rotatable bonds is 6. The lowest BCUT2D eigenvalue weighted by molar-refractivity contribution is 0.414. The fourth-order valence-corrected chi connectivity index (χ4v) is 4.54. The van der Waals surface area contributed by atoms with Crippen molar-refractivity contribution in [2.45, 2.75) is 43.5 Å². The van der Waals surface area contributed by atoms with E-state index >= 15 is 0 Å². The second kappa shape index (κ2) is 6.95. The van der Waals surface area contributed by atoms with E-state index in [9.17, 15) is 8.42 Å². The summed E-state index contributed by atoms with van der Waals surface area (Å²) < 4.78 is 33.2. The number of sulfonamides is 1. The van der Waals surface area contributed by atoms with Crippen LogP contribution in [0.3, 0.4) is 0 Å². The summed E-state index contributed by atoms with van der Waals surface area (Å²) in [6, 6.07) is 13.0. The summed E-state index contributed by atoms with van der Waals surface area (Å²) in [7, 11) is -1.87. The molecule has 2 aromatic carbocycles. The zero-order valence-corrected chi connectivity index (χ0v) is 14.9. The Morgan fingerprint density at radius 3 is 2.71 bits per heavy atom. The second-order valence-corrected chi connectivity index (χ2v) is 8.08. The molecule has 1 aliphatic carbocycles. The molecule has 1 atom stereocenters.